The summed E-state index contributed by atoms with van der Waals surface area (Å²) in [6.45, 7) is 6.61. The van der Waals surface area contributed by atoms with E-state index in [1.54, 1.807) is 18.0 Å². The average molecular weight is 238 g/mol. The molecule has 0 radical (unpaired) electrons. The SMILES string of the molecule is CCNc1ccc([N+](=O)[O-])c(N(C)C(C)C)n1. The molecule has 0 aliphatic carbocycles. The molecule has 0 amide bonds. The Balaban J connectivity index is 3.20. The van der Waals surface area contributed by atoms with Gasteiger partial charge in [-0.25, -0.2) is 4.98 Å². The van der Waals surface area contributed by atoms with E-state index in [2.05, 4.69) is 10.3 Å². The first-order valence-corrected chi connectivity index (χ1v) is 5.59. The summed E-state index contributed by atoms with van der Waals surface area (Å²) in [5.74, 6) is 1.05. The number of anilines is 2. The molecule has 0 spiro atoms. The van der Waals surface area contributed by atoms with Crippen molar-refractivity contribution in [2.75, 3.05) is 23.8 Å². The van der Waals surface area contributed by atoms with Crippen LogP contribution >= 0.6 is 0 Å². The molecule has 0 fully saturated rings. The molecule has 6 heteroatoms. The van der Waals surface area contributed by atoms with Gasteiger partial charge in [0, 0.05) is 25.7 Å². The van der Waals surface area contributed by atoms with Gasteiger partial charge in [-0.2, -0.15) is 0 Å². The molecule has 94 valence electrons. The van der Waals surface area contributed by atoms with Crippen LogP contribution in [-0.2, 0) is 0 Å². The Morgan fingerprint density at radius 1 is 1.53 bits per heavy atom. The molecule has 1 N–H and O–H groups in total. The second-order valence-corrected chi connectivity index (χ2v) is 4.03. The van der Waals surface area contributed by atoms with Crippen molar-refractivity contribution in [1.82, 2.24) is 4.98 Å². The molecule has 0 aromatic carbocycles. The lowest BCUT2D eigenvalue weighted by atomic mass is 10.3. The van der Waals surface area contributed by atoms with Crippen LogP contribution in [0.3, 0.4) is 0 Å². The fraction of sp³-hybridized carbons (Fsp3) is 0.545. The summed E-state index contributed by atoms with van der Waals surface area (Å²) in [5.41, 5.74) is 0.0304. The first-order valence-electron chi connectivity index (χ1n) is 5.59. The molecule has 0 unspecified atom stereocenters. The molecule has 6 nitrogen and oxygen atoms in total. The maximum atomic E-state index is 10.9. The third-order valence-corrected chi connectivity index (χ3v) is 2.52. The second kappa shape index (κ2) is 5.47. The Labute approximate surface area is 101 Å². The summed E-state index contributed by atoms with van der Waals surface area (Å²) >= 11 is 0. The number of nitrogens with one attached hydrogen (secondary N) is 1. The minimum atomic E-state index is -0.406. The maximum absolute atomic E-state index is 10.9. The first-order chi connectivity index (χ1) is 7.97. The third kappa shape index (κ3) is 3.05. The average Bonchev–Trinajstić information content (AvgIpc) is 2.28. The summed E-state index contributed by atoms with van der Waals surface area (Å²) in [6, 6.07) is 3.26. The van der Waals surface area contributed by atoms with Crippen molar-refractivity contribution in [3.05, 3.63) is 22.2 Å². The molecule has 0 aliphatic rings. The van der Waals surface area contributed by atoms with Gasteiger partial charge in [-0.3, -0.25) is 10.1 Å². The molecule has 1 aromatic rings. The van der Waals surface area contributed by atoms with Crippen LogP contribution < -0.4 is 10.2 Å². The molecule has 0 bridgehead atoms. The van der Waals surface area contributed by atoms with Crippen molar-refractivity contribution in [1.29, 1.82) is 0 Å². The van der Waals surface area contributed by atoms with Crippen LogP contribution in [0, 0.1) is 10.1 Å². The van der Waals surface area contributed by atoms with E-state index in [9.17, 15) is 10.1 Å². The number of nitrogens with zero attached hydrogens (tertiary/aromatic N) is 3. The van der Waals surface area contributed by atoms with Gasteiger partial charge >= 0.3 is 5.69 Å². The van der Waals surface area contributed by atoms with Gasteiger partial charge in [-0.1, -0.05) is 0 Å². The minimum absolute atomic E-state index is 0.0304. The van der Waals surface area contributed by atoms with Gasteiger partial charge in [0.2, 0.25) is 5.82 Å². The van der Waals surface area contributed by atoms with Crippen LogP contribution in [-0.4, -0.2) is 29.5 Å². The van der Waals surface area contributed by atoms with E-state index >= 15 is 0 Å². The van der Waals surface area contributed by atoms with Crippen LogP contribution in [0.25, 0.3) is 0 Å². The van der Waals surface area contributed by atoms with Crippen LogP contribution in [0.5, 0.6) is 0 Å². The number of hydrogen-bond donors (Lipinski definition) is 1. The van der Waals surface area contributed by atoms with E-state index in [-0.39, 0.29) is 11.7 Å². The van der Waals surface area contributed by atoms with Crippen LogP contribution in [0.1, 0.15) is 20.8 Å². The fourth-order valence-electron chi connectivity index (χ4n) is 1.37. The van der Waals surface area contributed by atoms with Crippen molar-refractivity contribution in [3.63, 3.8) is 0 Å². The Hall–Kier alpha value is -1.85. The topological polar surface area (TPSA) is 71.3 Å². The largest absolute Gasteiger partial charge is 0.370 e. The molecule has 0 saturated carbocycles. The molecule has 1 heterocycles. The lowest BCUT2D eigenvalue weighted by Crippen LogP contribution is -2.27. The van der Waals surface area contributed by atoms with Gasteiger partial charge in [0.25, 0.3) is 0 Å². The lowest BCUT2D eigenvalue weighted by molar-refractivity contribution is -0.384. The highest BCUT2D eigenvalue weighted by atomic mass is 16.6. The van der Waals surface area contributed by atoms with Gasteiger partial charge < -0.3 is 10.2 Å². The first kappa shape index (κ1) is 13.2. The highest BCUT2D eigenvalue weighted by Crippen LogP contribution is 2.27. The van der Waals surface area contributed by atoms with Crippen LogP contribution in [0.2, 0.25) is 0 Å². The van der Waals surface area contributed by atoms with Crippen molar-refractivity contribution in [3.8, 4) is 0 Å². The molecule has 0 aliphatic heterocycles. The Bertz CT molecular complexity index is 406. The van der Waals surface area contributed by atoms with Crippen molar-refractivity contribution < 1.29 is 4.92 Å². The summed E-state index contributed by atoms with van der Waals surface area (Å²) in [6.07, 6.45) is 0. The van der Waals surface area contributed by atoms with E-state index in [4.69, 9.17) is 0 Å². The van der Waals surface area contributed by atoms with Crippen molar-refractivity contribution in [2.45, 2.75) is 26.8 Å². The van der Waals surface area contributed by atoms with Gasteiger partial charge in [0.15, 0.2) is 0 Å². The second-order valence-electron chi connectivity index (χ2n) is 4.03. The summed E-state index contributed by atoms with van der Waals surface area (Å²) in [4.78, 5) is 16.6. The maximum Gasteiger partial charge on any atom is 0.311 e. The normalized spacial score (nSPS) is 10.4. The predicted molar refractivity (Wildman–Crippen MR) is 68.6 cm³/mol. The van der Waals surface area contributed by atoms with E-state index < -0.39 is 4.92 Å². The smallest absolute Gasteiger partial charge is 0.311 e. The zero-order valence-corrected chi connectivity index (χ0v) is 10.6. The number of aromatic nitrogens is 1. The predicted octanol–water partition coefficient (Wildman–Crippen LogP) is 2.27. The number of pyridine rings is 1. The van der Waals surface area contributed by atoms with Gasteiger partial charge in [0.05, 0.1) is 4.92 Å². The number of nitro groups is 1. The van der Waals surface area contributed by atoms with E-state index in [0.29, 0.717) is 11.6 Å². The highest BCUT2D eigenvalue weighted by Gasteiger charge is 2.20. The Kier molecular flexibility index (Phi) is 4.25. The minimum Gasteiger partial charge on any atom is -0.370 e. The highest BCUT2D eigenvalue weighted by molar-refractivity contribution is 5.61. The molecule has 1 aromatic heterocycles. The lowest BCUT2D eigenvalue weighted by Gasteiger charge is -2.22. The summed E-state index contributed by atoms with van der Waals surface area (Å²) < 4.78 is 0. The van der Waals surface area contributed by atoms with Crippen molar-refractivity contribution in [2.24, 2.45) is 0 Å². The van der Waals surface area contributed by atoms with Crippen LogP contribution in [0.15, 0.2) is 12.1 Å². The van der Waals surface area contributed by atoms with E-state index in [0.717, 1.165) is 6.54 Å². The van der Waals surface area contributed by atoms with Crippen molar-refractivity contribution >= 4 is 17.3 Å². The fourth-order valence-corrected chi connectivity index (χ4v) is 1.37. The number of hydrogen-bond acceptors (Lipinski definition) is 5. The van der Waals surface area contributed by atoms with Crippen LogP contribution in [0.4, 0.5) is 17.3 Å². The molecule has 0 saturated heterocycles. The van der Waals surface area contributed by atoms with E-state index in [1.165, 1.54) is 6.07 Å². The van der Waals surface area contributed by atoms with E-state index in [1.807, 2.05) is 20.8 Å². The molecular formula is C11H18N4O2. The quantitative estimate of drug-likeness (QED) is 0.629. The zero-order valence-electron chi connectivity index (χ0n) is 10.6. The molecule has 17 heavy (non-hydrogen) atoms. The van der Waals surface area contributed by atoms with Gasteiger partial charge in [-0.15, -0.1) is 0 Å². The number of rotatable bonds is 5. The van der Waals surface area contributed by atoms with Gasteiger partial charge in [0.1, 0.15) is 5.82 Å². The monoisotopic (exact) mass is 238 g/mol. The molecular weight excluding hydrogens is 220 g/mol. The zero-order chi connectivity index (χ0) is 13.0. The summed E-state index contributed by atoms with van der Waals surface area (Å²) in [7, 11) is 1.80. The Morgan fingerprint density at radius 2 is 2.18 bits per heavy atom. The summed E-state index contributed by atoms with van der Waals surface area (Å²) in [5, 5.41) is 14.0. The standard InChI is InChI=1S/C11H18N4O2/c1-5-12-10-7-6-9(15(16)17)11(13-10)14(4)8(2)3/h6-8H,5H2,1-4H3,(H,12,13). The Morgan fingerprint density at radius 3 is 2.65 bits per heavy atom. The molecule has 1 rings (SSSR count). The third-order valence-electron chi connectivity index (χ3n) is 2.52. The van der Waals surface area contributed by atoms with Gasteiger partial charge in [-0.05, 0) is 26.8 Å². The molecule has 0 atom stereocenters.